The Morgan fingerprint density at radius 2 is 2.15 bits per heavy atom. The zero-order valence-electron chi connectivity index (χ0n) is 8.56. The average Bonchev–Trinajstić information content (AvgIpc) is 2.32. The molecule has 0 saturated heterocycles. The van der Waals surface area contributed by atoms with E-state index in [1.165, 1.54) is 19.3 Å². The molecular formula is C11H18N2. The smallest absolute Gasteiger partial charge is 0.0974 e. The number of aliphatic imine (C=N–C) groups is 1. The van der Waals surface area contributed by atoms with Gasteiger partial charge in [-0.2, -0.15) is 0 Å². The first-order valence-electron chi connectivity index (χ1n) is 4.93. The van der Waals surface area contributed by atoms with Crippen molar-refractivity contribution in [3.05, 3.63) is 0 Å². The molecule has 0 aromatic carbocycles. The molecule has 2 heteroatoms. The van der Waals surface area contributed by atoms with Crippen molar-refractivity contribution in [3.8, 4) is 12.3 Å². The Kier molecular flexibility index (Phi) is 3.36. The molecule has 72 valence electrons. The van der Waals surface area contributed by atoms with E-state index in [0.29, 0.717) is 0 Å². The zero-order valence-corrected chi connectivity index (χ0v) is 8.56. The molecule has 13 heavy (non-hydrogen) atoms. The normalized spacial score (nSPS) is 18.4. The van der Waals surface area contributed by atoms with Gasteiger partial charge in [0.2, 0.25) is 0 Å². The van der Waals surface area contributed by atoms with Crippen LogP contribution in [0.4, 0.5) is 0 Å². The predicted molar refractivity (Wildman–Crippen MR) is 56.8 cm³/mol. The van der Waals surface area contributed by atoms with Crippen LogP contribution in [-0.4, -0.2) is 17.9 Å². The first-order valence-corrected chi connectivity index (χ1v) is 4.93. The maximum Gasteiger partial charge on any atom is 0.0974 e. The van der Waals surface area contributed by atoms with Gasteiger partial charge in [0.05, 0.1) is 11.4 Å². The highest BCUT2D eigenvalue weighted by atomic mass is 15.0. The summed E-state index contributed by atoms with van der Waals surface area (Å²) in [5, 5.41) is 3.30. The van der Waals surface area contributed by atoms with Crippen LogP contribution in [0.15, 0.2) is 4.99 Å². The van der Waals surface area contributed by atoms with Crippen molar-refractivity contribution in [1.29, 1.82) is 0 Å². The highest BCUT2D eigenvalue weighted by Crippen LogP contribution is 2.08. The molecule has 1 aliphatic heterocycles. The SMILES string of the molecule is C#CC(C)(C)NC1=NCCCCC1. The Morgan fingerprint density at radius 1 is 1.38 bits per heavy atom. The van der Waals surface area contributed by atoms with Crippen LogP contribution in [0.2, 0.25) is 0 Å². The fourth-order valence-electron chi connectivity index (χ4n) is 1.37. The summed E-state index contributed by atoms with van der Waals surface area (Å²) in [6, 6.07) is 0. The minimum atomic E-state index is -0.261. The predicted octanol–water partition coefficient (Wildman–Crippen LogP) is 1.96. The lowest BCUT2D eigenvalue weighted by Gasteiger charge is -2.21. The summed E-state index contributed by atoms with van der Waals surface area (Å²) >= 11 is 0. The Hall–Kier alpha value is -0.970. The summed E-state index contributed by atoms with van der Waals surface area (Å²) < 4.78 is 0. The van der Waals surface area contributed by atoms with Crippen molar-refractivity contribution in [1.82, 2.24) is 5.32 Å². The van der Waals surface area contributed by atoms with Gasteiger partial charge in [-0.3, -0.25) is 4.99 Å². The number of hydrogen-bond donors (Lipinski definition) is 1. The van der Waals surface area contributed by atoms with Crippen LogP contribution in [0.1, 0.15) is 39.5 Å². The first-order chi connectivity index (χ1) is 6.14. The van der Waals surface area contributed by atoms with Gasteiger partial charge in [-0.1, -0.05) is 12.3 Å². The Bertz CT molecular complexity index is 233. The Balaban J connectivity index is 2.52. The average molecular weight is 178 g/mol. The number of nitrogens with one attached hydrogen (secondary N) is 1. The van der Waals surface area contributed by atoms with Crippen molar-refractivity contribution in [2.24, 2.45) is 4.99 Å². The summed E-state index contributed by atoms with van der Waals surface area (Å²) in [7, 11) is 0. The fraction of sp³-hybridized carbons (Fsp3) is 0.727. The molecule has 0 unspecified atom stereocenters. The van der Waals surface area contributed by atoms with E-state index in [-0.39, 0.29) is 5.54 Å². The molecule has 0 bridgehead atoms. The van der Waals surface area contributed by atoms with Crippen LogP contribution in [0.3, 0.4) is 0 Å². The van der Waals surface area contributed by atoms with E-state index in [9.17, 15) is 0 Å². The molecule has 0 amide bonds. The topological polar surface area (TPSA) is 24.4 Å². The molecule has 0 spiro atoms. The van der Waals surface area contributed by atoms with E-state index in [2.05, 4.69) is 16.2 Å². The summed E-state index contributed by atoms with van der Waals surface area (Å²) in [5.41, 5.74) is -0.261. The standard InChI is InChI=1S/C11H18N2/c1-4-11(2,3)13-10-8-6-5-7-9-12-10/h1H,5-9H2,2-3H3,(H,12,13). The third-order valence-electron chi connectivity index (χ3n) is 2.19. The highest BCUT2D eigenvalue weighted by Gasteiger charge is 2.15. The fourth-order valence-corrected chi connectivity index (χ4v) is 1.37. The van der Waals surface area contributed by atoms with Gasteiger partial charge in [-0.15, -0.1) is 6.42 Å². The van der Waals surface area contributed by atoms with Crippen molar-refractivity contribution >= 4 is 5.84 Å². The quantitative estimate of drug-likeness (QED) is 0.610. The van der Waals surface area contributed by atoms with Crippen molar-refractivity contribution in [2.45, 2.75) is 45.1 Å². The van der Waals surface area contributed by atoms with Crippen LogP contribution >= 0.6 is 0 Å². The minimum absolute atomic E-state index is 0.261. The lowest BCUT2D eigenvalue weighted by Crippen LogP contribution is -2.42. The van der Waals surface area contributed by atoms with Gasteiger partial charge in [0, 0.05) is 13.0 Å². The van der Waals surface area contributed by atoms with E-state index in [4.69, 9.17) is 6.42 Å². The van der Waals surface area contributed by atoms with Crippen molar-refractivity contribution in [3.63, 3.8) is 0 Å². The van der Waals surface area contributed by atoms with Gasteiger partial charge in [-0.25, -0.2) is 0 Å². The summed E-state index contributed by atoms with van der Waals surface area (Å²) in [6.45, 7) is 4.95. The molecule has 0 aromatic heterocycles. The van der Waals surface area contributed by atoms with E-state index in [1.807, 2.05) is 13.8 Å². The second-order valence-electron chi connectivity index (χ2n) is 4.03. The van der Waals surface area contributed by atoms with Gasteiger partial charge >= 0.3 is 0 Å². The lowest BCUT2D eigenvalue weighted by atomic mass is 10.1. The van der Waals surface area contributed by atoms with Gasteiger partial charge in [0.15, 0.2) is 0 Å². The van der Waals surface area contributed by atoms with E-state index in [1.54, 1.807) is 0 Å². The maximum atomic E-state index is 5.40. The zero-order chi connectivity index (χ0) is 9.73. The molecule has 0 aliphatic carbocycles. The molecule has 0 aromatic rings. The summed E-state index contributed by atoms with van der Waals surface area (Å²) in [5.74, 6) is 3.80. The van der Waals surface area contributed by atoms with Crippen LogP contribution in [-0.2, 0) is 0 Å². The molecule has 2 nitrogen and oxygen atoms in total. The van der Waals surface area contributed by atoms with E-state index in [0.717, 1.165) is 18.8 Å². The molecule has 0 atom stereocenters. The minimum Gasteiger partial charge on any atom is -0.358 e. The highest BCUT2D eigenvalue weighted by molar-refractivity contribution is 5.83. The Morgan fingerprint density at radius 3 is 2.85 bits per heavy atom. The van der Waals surface area contributed by atoms with Gasteiger partial charge in [0.25, 0.3) is 0 Å². The van der Waals surface area contributed by atoms with Crippen LogP contribution < -0.4 is 5.32 Å². The molecule has 1 heterocycles. The molecule has 0 radical (unpaired) electrons. The first kappa shape index (κ1) is 10.1. The monoisotopic (exact) mass is 178 g/mol. The molecular weight excluding hydrogens is 160 g/mol. The number of nitrogens with zero attached hydrogens (tertiary/aromatic N) is 1. The van der Waals surface area contributed by atoms with Gasteiger partial charge < -0.3 is 5.32 Å². The summed E-state index contributed by atoms with van der Waals surface area (Å²) in [4.78, 5) is 4.47. The molecule has 0 saturated carbocycles. The molecule has 1 aliphatic rings. The lowest BCUT2D eigenvalue weighted by molar-refractivity contribution is 0.590. The second-order valence-corrected chi connectivity index (χ2v) is 4.03. The molecule has 1 N–H and O–H groups in total. The van der Waals surface area contributed by atoms with Crippen molar-refractivity contribution < 1.29 is 0 Å². The van der Waals surface area contributed by atoms with Gasteiger partial charge in [-0.05, 0) is 26.7 Å². The van der Waals surface area contributed by atoms with E-state index >= 15 is 0 Å². The van der Waals surface area contributed by atoms with Gasteiger partial charge in [0.1, 0.15) is 0 Å². The molecule has 1 rings (SSSR count). The number of rotatable bonds is 1. The Labute approximate surface area is 80.8 Å². The number of amidine groups is 1. The molecule has 0 fully saturated rings. The summed E-state index contributed by atoms with van der Waals surface area (Å²) in [6.07, 6.45) is 10.2. The number of hydrogen-bond acceptors (Lipinski definition) is 2. The van der Waals surface area contributed by atoms with E-state index < -0.39 is 0 Å². The van der Waals surface area contributed by atoms with Crippen LogP contribution in [0, 0.1) is 12.3 Å². The third kappa shape index (κ3) is 3.50. The van der Waals surface area contributed by atoms with Crippen LogP contribution in [0.25, 0.3) is 0 Å². The van der Waals surface area contributed by atoms with Crippen LogP contribution in [0.5, 0.6) is 0 Å². The third-order valence-corrected chi connectivity index (χ3v) is 2.19. The maximum absolute atomic E-state index is 5.40. The number of terminal acetylenes is 1. The second kappa shape index (κ2) is 4.32. The largest absolute Gasteiger partial charge is 0.358 e. The van der Waals surface area contributed by atoms with Crippen molar-refractivity contribution in [2.75, 3.05) is 6.54 Å².